The minimum Gasteiger partial charge on any atom is -0.383 e. The molecule has 0 unspecified atom stereocenters. The summed E-state index contributed by atoms with van der Waals surface area (Å²) in [6.45, 7) is 4.73. The second-order valence-corrected chi connectivity index (χ2v) is 8.53. The van der Waals surface area contributed by atoms with Gasteiger partial charge >= 0.3 is 0 Å². The van der Waals surface area contributed by atoms with Gasteiger partial charge in [-0.1, -0.05) is 13.8 Å². The molecule has 0 atom stereocenters. The molecule has 0 aliphatic heterocycles. The number of hydrogen-bond acceptors (Lipinski definition) is 4. The second kappa shape index (κ2) is 4.67. The van der Waals surface area contributed by atoms with Crippen molar-refractivity contribution in [3.8, 4) is 0 Å². The van der Waals surface area contributed by atoms with Gasteiger partial charge in [-0.15, -0.1) is 11.3 Å². The molecule has 4 heteroatoms. The Balaban J connectivity index is 1.71. The highest BCUT2D eigenvalue weighted by molar-refractivity contribution is 7.19. The van der Waals surface area contributed by atoms with Gasteiger partial charge in [0, 0.05) is 10.8 Å². The van der Waals surface area contributed by atoms with Gasteiger partial charge in [0.2, 0.25) is 0 Å². The van der Waals surface area contributed by atoms with Crippen LogP contribution < -0.4 is 5.73 Å². The standard InChI is InChI=1S/C17H23N3S/c1-17(2)8-6-10(7-9-17)15-19-14(18)13-11-4-3-5-12(11)21-16(13)20-15/h10H,3-9H2,1-2H3,(H2,18,19,20). The number of nitrogens with two attached hydrogens (primary N) is 1. The summed E-state index contributed by atoms with van der Waals surface area (Å²) in [7, 11) is 0. The summed E-state index contributed by atoms with van der Waals surface area (Å²) in [6.07, 6.45) is 8.53. The molecule has 1 fully saturated rings. The first-order chi connectivity index (χ1) is 10.0. The van der Waals surface area contributed by atoms with Crippen molar-refractivity contribution < 1.29 is 0 Å². The SMILES string of the molecule is CC1(C)CCC(c2nc(N)c3c4c(sc3n2)CCC4)CC1. The Bertz CT molecular complexity index is 692. The molecule has 0 amide bonds. The summed E-state index contributed by atoms with van der Waals surface area (Å²) in [4.78, 5) is 12.2. The van der Waals surface area contributed by atoms with E-state index < -0.39 is 0 Å². The largest absolute Gasteiger partial charge is 0.383 e. The molecule has 1 saturated carbocycles. The van der Waals surface area contributed by atoms with Crippen molar-refractivity contribution in [1.29, 1.82) is 0 Å². The summed E-state index contributed by atoms with van der Waals surface area (Å²) in [6, 6.07) is 0. The van der Waals surface area contributed by atoms with E-state index in [1.165, 1.54) is 49.0 Å². The molecular weight excluding hydrogens is 278 g/mol. The van der Waals surface area contributed by atoms with Gasteiger partial charge in [0.25, 0.3) is 0 Å². The number of fused-ring (bicyclic) bond motifs is 3. The molecule has 0 bridgehead atoms. The lowest BCUT2D eigenvalue weighted by molar-refractivity contribution is 0.221. The summed E-state index contributed by atoms with van der Waals surface area (Å²) < 4.78 is 0. The molecule has 2 aliphatic rings. The van der Waals surface area contributed by atoms with E-state index >= 15 is 0 Å². The second-order valence-electron chi connectivity index (χ2n) is 7.44. The van der Waals surface area contributed by atoms with Crippen LogP contribution in [-0.4, -0.2) is 9.97 Å². The monoisotopic (exact) mass is 301 g/mol. The number of aromatic nitrogens is 2. The molecule has 0 spiro atoms. The Labute approximate surface area is 130 Å². The molecule has 4 rings (SSSR count). The third-order valence-corrected chi connectivity index (χ3v) is 6.50. The highest BCUT2D eigenvalue weighted by Gasteiger charge is 2.30. The quantitative estimate of drug-likeness (QED) is 0.847. The fourth-order valence-corrected chi connectivity index (χ4v) is 5.16. The van der Waals surface area contributed by atoms with Crippen molar-refractivity contribution in [1.82, 2.24) is 9.97 Å². The summed E-state index contributed by atoms with van der Waals surface area (Å²) in [5, 5.41) is 1.16. The first kappa shape index (κ1) is 13.5. The van der Waals surface area contributed by atoms with Gasteiger partial charge in [-0.25, -0.2) is 9.97 Å². The van der Waals surface area contributed by atoms with Crippen LogP contribution in [0.3, 0.4) is 0 Å². The van der Waals surface area contributed by atoms with Crippen LogP contribution >= 0.6 is 11.3 Å². The van der Waals surface area contributed by atoms with Crippen molar-refractivity contribution >= 4 is 27.4 Å². The lowest BCUT2D eigenvalue weighted by atomic mass is 9.73. The molecule has 0 radical (unpaired) electrons. The number of thiophene rings is 1. The molecule has 2 aromatic rings. The van der Waals surface area contributed by atoms with Gasteiger partial charge in [0.15, 0.2) is 0 Å². The molecule has 3 nitrogen and oxygen atoms in total. The predicted molar refractivity (Wildman–Crippen MR) is 88.8 cm³/mol. The number of aryl methyl sites for hydroxylation is 2. The van der Waals surface area contributed by atoms with Crippen LogP contribution in [0.5, 0.6) is 0 Å². The summed E-state index contributed by atoms with van der Waals surface area (Å²) in [5.41, 5.74) is 8.21. The van der Waals surface area contributed by atoms with Gasteiger partial charge in [-0.3, -0.25) is 0 Å². The fraction of sp³-hybridized carbons (Fsp3) is 0.647. The highest BCUT2D eigenvalue weighted by atomic mass is 32.1. The first-order valence-corrected chi connectivity index (χ1v) is 8.93. The predicted octanol–water partition coefficient (Wildman–Crippen LogP) is 4.45. The number of hydrogen-bond donors (Lipinski definition) is 1. The third-order valence-electron chi connectivity index (χ3n) is 5.31. The minimum absolute atomic E-state index is 0.482. The zero-order chi connectivity index (χ0) is 14.6. The molecule has 0 aromatic carbocycles. The van der Waals surface area contributed by atoms with Crippen LogP contribution in [0.4, 0.5) is 5.82 Å². The summed E-state index contributed by atoms with van der Waals surface area (Å²) in [5.74, 6) is 2.22. The van der Waals surface area contributed by atoms with E-state index in [1.54, 1.807) is 0 Å². The van der Waals surface area contributed by atoms with Crippen molar-refractivity contribution in [3.63, 3.8) is 0 Å². The number of rotatable bonds is 1. The van der Waals surface area contributed by atoms with Gasteiger partial charge < -0.3 is 5.73 Å². The fourth-order valence-electron chi connectivity index (χ4n) is 3.88. The third kappa shape index (κ3) is 2.24. The van der Waals surface area contributed by atoms with Crippen LogP contribution in [0.15, 0.2) is 0 Å². The molecule has 112 valence electrons. The normalized spacial score (nSPS) is 21.8. The Kier molecular flexibility index (Phi) is 3.00. The number of nitrogens with zero attached hydrogens (tertiary/aromatic N) is 2. The maximum Gasteiger partial charge on any atom is 0.136 e. The van der Waals surface area contributed by atoms with Gasteiger partial charge in [-0.2, -0.15) is 0 Å². The Hall–Kier alpha value is -1.16. The van der Waals surface area contributed by atoms with E-state index in [4.69, 9.17) is 15.7 Å². The molecule has 21 heavy (non-hydrogen) atoms. The Morgan fingerprint density at radius 2 is 1.90 bits per heavy atom. The number of anilines is 1. The van der Waals surface area contributed by atoms with E-state index in [-0.39, 0.29) is 0 Å². The first-order valence-electron chi connectivity index (χ1n) is 8.11. The van der Waals surface area contributed by atoms with Crippen LogP contribution in [0.1, 0.15) is 68.1 Å². The smallest absolute Gasteiger partial charge is 0.136 e. The minimum atomic E-state index is 0.482. The molecular formula is C17H23N3S. The van der Waals surface area contributed by atoms with Crippen LogP contribution in [0.25, 0.3) is 10.2 Å². The van der Waals surface area contributed by atoms with Gasteiger partial charge in [-0.05, 0) is 55.9 Å². The molecule has 0 saturated heterocycles. The summed E-state index contributed by atoms with van der Waals surface area (Å²) >= 11 is 1.85. The molecule has 2 aromatic heterocycles. The topological polar surface area (TPSA) is 51.8 Å². The van der Waals surface area contributed by atoms with Crippen LogP contribution in [0, 0.1) is 5.41 Å². The van der Waals surface area contributed by atoms with Crippen LogP contribution in [0.2, 0.25) is 0 Å². The maximum absolute atomic E-state index is 6.29. The van der Waals surface area contributed by atoms with Crippen molar-refractivity contribution in [2.75, 3.05) is 5.73 Å². The Morgan fingerprint density at radius 1 is 1.14 bits per heavy atom. The van der Waals surface area contributed by atoms with Crippen molar-refractivity contribution in [2.45, 2.75) is 64.7 Å². The van der Waals surface area contributed by atoms with E-state index in [0.717, 1.165) is 28.3 Å². The van der Waals surface area contributed by atoms with E-state index in [1.807, 2.05) is 11.3 Å². The van der Waals surface area contributed by atoms with E-state index in [0.29, 0.717) is 11.3 Å². The molecule has 2 heterocycles. The van der Waals surface area contributed by atoms with Gasteiger partial charge in [0.05, 0.1) is 5.39 Å². The average Bonchev–Trinajstić information content (AvgIpc) is 2.98. The van der Waals surface area contributed by atoms with Crippen LogP contribution in [-0.2, 0) is 12.8 Å². The van der Waals surface area contributed by atoms with Gasteiger partial charge in [0.1, 0.15) is 16.5 Å². The average molecular weight is 301 g/mol. The van der Waals surface area contributed by atoms with E-state index in [2.05, 4.69) is 13.8 Å². The molecule has 2 aliphatic carbocycles. The maximum atomic E-state index is 6.29. The Morgan fingerprint density at radius 3 is 2.67 bits per heavy atom. The zero-order valence-corrected chi connectivity index (χ0v) is 13.7. The number of nitrogen functional groups attached to an aromatic ring is 1. The lowest BCUT2D eigenvalue weighted by Crippen LogP contribution is -2.21. The van der Waals surface area contributed by atoms with E-state index in [9.17, 15) is 0 Å². The van der Waals surface area contributed by atoms with Crippen molar-refractivity contribution in [3.05, 3.63) is 16.3 Å². The lowest BCUT2D eigenvalue weighted by Gasteiger charge is -2.33. The highest BCUT2D eigenvalue weighted by Crippen LogP contribution is 2.43. The van der Waals surface area contributed by atoms with Crippen molar-refractivity contribution in [2.24, 2.45) is 5.41 Å². The zero-order valence-electron chi connectivity index (χ0n) is 12.9. The molecule has 2 N–H and O–H groups in total.